The van der Waals surface area contributed by atoms with Crippen LogP contribution in [0, 0.1) is 6.92 Å². The highest BCUT2D eigenvalue weighted by Crippen LogP contribution is 2.36. The van der Waals surface area contributed by atoms with E-state index in [9.17, 15) is 5.11 Å². The Morgan fingerprint density at radius 3 is 2.95 bits per heavy atom. The Labute approximate surface area is 128 Å². The maximum absolute atomic E-state index is 10.8. The summed E-state index contributed by atoms with van der Waals surface area (Å²) in [5.74, 6) is 1.81. The summed E-state index contributed by atoms with van der Waals surface area (Å²) in [5.41, 5.74) is 2.11. The molecular formula is C15H20N6O. The molecule has 0 amide bonds. The van der Waals surface area contributed by atoms with Gasteiger partial charge in [0, 0.05) is 24.2 Å². The van der Waals surface area contributed by atoms with Crippen molar-refractivity contribution in [2.75, 3.05) is 18.0 Å². The average Bonchev–Trinajstić information content (AvgIpc) is 3.16. The van der Waals surface area contributed by atoms with E-state index in [1.165, 1.54) is 24.1 Å². The van der Waals surface area contributed by atoms with Crippen LogP contribution in [0.5, 0.6) is 0 Å². The zero-order valence-electron chi connectivity index (χ0n) is 12.7. The number of H-pyrrole nitrogens is 1. The van der Waals surface area contributed by atoms with Crippen LogP contribution in [0.1, 0.15) is 42.0 Å². The molecule has 1 aliphatic heterocycles. The molecule has 1 saturated heterocycles. The summed E-state index contributed by atoms with van der Waals surface area (Å²) < 4.78 is 0. The molecule has 1 unspecified atom stereocenters. The van der Waals surface area contributed by atoms with Crippen molar-refractivity contribution in [2.24, 2.45) is 0 Å². The van der Waals surface area contributed by atoms with Gasteiger partial charge in [-0.05, 0) is 32.6 Å². The molecule has 7 heteroatoms. The van der Waals surface area contributed by atoms with Gasteiger partial charge < -0.3 is 10.0 Å². The van der Waals surface area contributed by atoms with Crippen LogP contribution in [-0.2, 0) is 18.4 Å². The molecule has 1 fully saturated rings. The van der Waals surface area contributed by atoms with E-state index in [0.29, 0.717) is 18.7 Å². The second-order valence-electron chi connectivity index (χ2n) is 6.29. The maximum atomic E-state index is 10.8. The third-order valence-corrected chi connectivity index (χ3v) is 4.71. The number of fused-ring (bicyclic) bond motifs is 1. The van der Waals surface area contributed by atoms with Gasteiger partial charge in [-0.3, -0.25) is 0 Å². The van der Waals surface area contributed by atoms with Gasteiger partial charge in [0.15, 0.2) is 0 Å². The number of anilines is 1. The fourth-order valence-corrected chi connectivity index (χ4v) is 3.57. The van der Waals surface area contributed by atoms with Crippen molar-refractivity contribution in [3.63, 3.8) is 0 Å². The van der Waals surface area contributed by atoms with Gasteiger partial charge in [0.25, 0.3) is 0 Å². The molecule has 2 aromatic heterocycles. The molecule has 1 aliphatic carbocycles. The monoisotopic (exact) mass is 300 g/mol. The fraction of sp³-hybridized carbons (Fsp3) is 0.600. The third kappa shape index (κ3) is 2.16. The van der Waals surface area contributed by atoms with Gasteiger partial charge in [-0.1, -0.05) is 0 Å². The van der Waals surface area contributed by atoms with E-state index >= 15 is 0 Å². The van der Waals surface area contributed by atoms with Crippen molar-refractivity contribution in [3.8, 4) is 0 Å². The molecule has 22 heavy (non-hydrogen) atoms. The lowest BCUT2D eigenvalue weighted by atomic mass is 9.96. The minimum absolute atomic E-state index is 0.502. The van der Waals surface area contributed by atoms with Crippen LogP contribution in [0.2, 0.25) is 0 Å². The quantitative estimate of drug-likeness (QED) is 0.855. The highest BCUT2D eigenvalue weighted by atomic mass is 16.3. The summed E-state index contributed by atoms with van der Waals surface area (Å²) in [6.45, 7) is 3.22. The largest absolute Gasteiger partial charge is 0.381 e. The molecule has 2 N–H and O–H groups in total. The molecule has 2 aliphatic rings. The van der Waals surface area contributed by atoms with Gasteiger partial charge in [0.1, 0.15) is 22.9 Å². The first-order valence-electron chi connectivity index (χ1n) is 7.86. The van der Waals surface area contributed by atoms with E-state index in [2.05, 4.69) is 30.3 Å². The second kappa shape index (κ2) is 5.01. The first-order chi connectivity index (χ1) is 10.7. The first kappa shape index (κ1) is 13.6. The lowest BCUT2D eigenvalue weighted by Gasteiger charge is -2.26. The number of aryl methyl sites for hydroxylation is 2. The van der Waals surface area contributed by atoms with Crippen LogP contribution in [0.25, 0.3) is 0 Å². The predicted octanol–water partition coefficient (Wildman–Crippen LogP) is 0.880. The minimum Gasteiger partial charge on any atom is -0.381 e. The van der Waals surface area contributed by atoms with E-state index in [-0.39, 0.29) is 0 Å². The molecule has 0 saturated carbocycles. The summed E-state index contributed by atoms with van der Waals surface area (Å²) in [6.07, 6.45) is 6.69. The number of rotatable bonds is 2. The minimum atomic E-state index is -0.951. The number of hydrogen-bond acceptors (Lipinski definition) is 6. The van der Waals surface area contributed by atoms with E-state index in [1.54, 1.807) is 6.20 Å². The Morgan fingerprint density at radius 2 is 2.14 bits per heavy atom. The number of nitrogens with one attached hydrogen (secondary N) is 1. The molecular weight excluding hydrogens is 280 g/mol. The maximum Gasteiger partial charge on any atom is 0.135 e. The number of nitrogens with zero attached hydrogens (tertiary/aromatic N) is 5. The molecule has 0 radical (unpaired) electrons. The zero-order chi connectivity index (χ0) is 15.2. The standard InChI is InChI=1S/C15H20N6O/c1-10-17-12-5-3-2-4-11(12)14(18-10)21-7-6-15(22,9-21)13-8-16-20-19-13/h8,22H,2-7,9H2,1H3,(H,16,19,20). The van der Waals surface area contributed by atoms with Gasteiger partial charge >= 0.3 is 0 Å². The normalized spacial score (nSPS) is 24.5. The van der Waals surface area contributed by atoms with Crippen molar-refractivity contribution in [1.29, 1.82) is 0 Å². The fourth-order valence-electron chi connectivity index (χ4n) is 3.57. The predicted molar refractivity (Wildman–Crippen MR) is 80.5 cm³/mol. The second-order valence-corrected chi connectivity index (χ2v) is 6.29. The molecule has 0 bridgehead atoms. The summed E-state index contributed by atoms with van der Waals surface area (Å²) in [6, 6.07) is 0. The molecule has 4 rings (SSSR count). The molecule has 0 aromatic carbocycles. The molecule has 2 aromatic rings. The summed E-state index contributed by atoms with van der Waals surface area (Å²) in [7, 11) is 0. The summed E-state index contributed by atoms with van der Waals surface area (Å²) in [4.78, 5) is 11.5. The van der Waals surface area contributed by atoms with Crippen molar-refractivity contribution < 1.29 is 5.11 Å². The smallest absolute Gasteiger partial charge is 0.135 e. The summed E-state index contributed by atoms with van der Waals surface area (Å²) in [5, 5.41) is 21.3. The molecule has 1 atom stereocenters. The highest BCUT2D eigenvalue weighted by Gasteiger charge is 2.41. The molecule has 3 heterocycles. The van der Waals surface area contributed by atoms with Gasteiger partial charge in [0.2, 0.25) is 0 Å². The van der Waals surface area contributed by atoms with Gasteiger partial charge in [-0.25, -0.2) is 9.97 Å². The number of aromatic nitrogens is 5. The number of β-amino-alcohol motifs (C(OH)–C–C–N with tert-alkyl or cyclic N) is 1. The van der Waals surface area contributed by atoms with E-state index in [1.807, 2.05) is 6.92 Å². The zero-order valence-corrected chi connectivity index (χ0v) is 12.7. The van der Waals surface area contributed by atoms with Crippen molar-refractivity contribution >= 4 is 5.82 Å². The third-order valence-electron chi connectivity index (χ3n) is 4.71. The lowest BCUT2D eigenvalue weighted by Crippen LogP contribution is -2.32. The molecule has 7 nitrogen and oxygen atoms in total. The van der Waals surface area contributed by atoms with Crippen LogP contribution in [0.3, 0.4) is 0 Å². The van der Waals surface area contributed by atoms with Crippen LogP contribution < -0.4 is 4.90 Å². The average molecular weight is 300 g/mol. The van der Waals surface area contributed by atoms with E-state index < -0.39 is 5.60 Å². The Hall–Kier alpha value is -2.02. The topological polar surface area (TPSA) is 90.8 Å². The number of hydrogen-bond donors (Lipinski definition) is 2. The Balaban J connectivity index is 1.68. The number of aliphatic hydroxyl groups is 1. The highest BCUT2D eigenvalue weighted by molar-refractivity contribution is 5.52. The van der Waals surface area contributed by atoms with Gasteiger partial charge in [-0.2, -0.15) is 15.4 Å². The van der Waals surface area contributed by atoms with Crippen molar-refractivity contribution in [1.82, 2.24) is 25.4 Å². The Bertz CT molecular complexity index is 686. The van der Waals surface area contributed by atoms with Crippen LogP contribution in [-0.4, -0.2) is 43.6 Å². The lowest BCUT2D eigenvalue weighted by molar-refractivity contribution is 0.0559. The SMILES string of the molecule is Cc1nc2c(c(N3CCC(O)(c4cn[nH]n4)C3)n1)CCCC2. The summed E-state index contributed by atoms with van der Waals surface area (Å²) >= 11 is 0. The van der Waals surface area contributed by atoms with E-state index in [4.69, 9.17) is 0 Å². The molecule has 116 valence electrons. The van der Waals surface area contributed by atoms with E-state index in [0.717, 1.165) is 31.0 Å². The first-order valence-corrected chi connectivity index (χ1v) is 7.86. The van der Waals surface area contributed by atoms with Crippen molar-refractivity contribution in [2.45, 2.75) is 44.6 Å². The van der Waals surface area contributed by atoms with Crippen LogP contribution in [0.15, 0.2) is 6.20 Å². The van der Waals surface area contributed by atoms with Crippen LogP contribution in [0.4, 0.5) is 5.82 Å². The van der Waals surface area contributed by atoms with Crippen LogP contribution >= 0.6 is 0 Å². The van der Waals surface area contributed by atoms with Gasteiger partial charge in [-0.15, -0.1) is 0 Å². The molecule has 0 spiro atoms. The Kier molecular flexibility index (Phi) is 3.11. The van der Waals surface area contributed by atoms with Gasteiger partial charge in [0.05, 0.1) is 12.7 Å². The van der Waals surface area contributed by atoms with Crippen molar-refractivity contribution in [3.05, 3.63) is 29.0 Å². The number of aromatic amines is 1. The Morgan fingerprint density at radius 1 is 1.27 bits per heavy atom.